The van der Waals surface area contributed by atoms with Crippen LogP contribution in [-0.4, -0.2) is 49.1 Å². The number of ether oxygens (including phenoxy) is 1. The summed E-state index contributed by atoms with van der Waals surface area (Å²) in [5, 5.41) is 0. The normalized spacial score (nSPS) is 22.4. The Kier molecular flexibility index (Phi) is 5.74. The molecule has 3 nitrogen and oxygen atoms in total. The lowest BCUT2D eigenvalue weighted by atomic mass is 10.0. The number of piperidine rings is 1. The molecule has 0 aromatic heterocycles. The van der Waals surface area contributed by atoms with E-state index in [1.807, 2.05) is 6.07 Å². The van der Waals surface area contributed by atoms with Gasteiger partial charge in [0.05, 0.1) is 7.11 Å². The highest BCUT2D eigenvalue weighted by atomic mass is 16.5. The van der Waals surface area contributed by atoms with Crippen LogP contribution in [0.5, 0.6) is 5.75 Å². The predicted octanol–water partition coefficient (Wildman–Crippen LogP) is 3.54. The zero-order chi connectivity index (χ0) is 15.2. The van der Waals surface area contributed by atoms with Crippen molar-refractivity contribution in [2.75, 3.05) is 33.3 Å². The number of hydrogen-bond acceptors (Lipinski definition) is 3. The van der Waals surface area contributed by atoms with Crippen molar-refractivity contribution < 1.29 is 4.74 Å². The summed E-state index contributed by atoms with van der Waals surface area (Å²) in [6.07, 6.45) is 8.33. The molecule has 1 aromatic carbocycles. The number of hydrogen-bond donors (Lipinski definition) is 0. The van der Waals surface area contributed by atoms with E-state index in [9.17, 15) is 0 Å². The van der Waals surface area contributed by atoms with E-state index < -0.39 is 0 Å². The van der Waals surface area contributed by atoms with Gasteiger partial charge >= 0.3 is 0 Å². The van der Waals surface area contributed by atoms with Crippen LogP contribution in [0.15, 0.2) is 24.3 Å². The summed E-state index contributed by atoms with van der Waals surface area (Å²) in [6.45, 7) is 6.13. The van der Waals surface area contributed by atoms with Gasteiger partial charge in [0.25, 0.3) is 0 Å². The second-order valence-corrected chi connectivity index (χ2v) is 6.77. The molecule has 0 bridgehead atoms. The summed E-state index contributed by atoms with van der Waals surface area (Å²) in [7, 11) is 1.77. The Hall–Kier alpha value is -1.06. The minimum absolute atomic E-state index is 0.826. The van der Waals surface area contributed by atoms with E-state index >= 15 is 0 Å². The van der Waals surface area contributed by atoms with Gasteiger partial charge in [0, 0.05) is 18.2 Å². The second kappa shape index (κ2) is 7.98. The molecule has 2 aliphatic heterocycles. The molecule has 22 heavy (non-hydrogen) atoms. The molecule has 2 saturated heterocycles. The Bertz CT molecular complexity index is 447. The minimum Gasteiger partial charge on any atom is -0.496 e. The average molecular weight is 302 g/mol. The van der Waals surface area contributed by atoms with Crippen LogP contribution in [0, 0.1) is 0 Å². The molecular formula is C19H30N2O. The molecule has 1 aromatic rings. The van der Waals surface area contributed by atoms with E-state index in [1.54, 1.807) is 7.11 Å². The maximum absolute atomic E-state index is 5.48. The lowest BCUT2D eigenvalue weighted by molar-refractivity contribution is 0.107. The SMILES string of the molecule is COc1ccccc1CN1CCC(N2CCCCCC2)CC1. The van der Waals surface area contributed by atoms with Gasteiger partial charge in [-0.2, -0.15) is 0 Å². The Balaban J connectivity index is 1.51. The van der Waals surface area contributed by atoms with Crippen molar-refractivity contribution in [3.8, 4) is 5.75 Å². The molecule has 0 aliphatic carbocycles. The van der Waals surface area contributed by atoms with Crippen LogP contribution >= 0.6 is 0 Å². The quantitative estimate of drug-likeness (QED) is 0.846. The molecule has 2 fully saturated rings. The van der Waals surface area contributed by atoms with Crippen LogP contribution in [0.25, 0.3) is 0 Å². The van der Waals surface area contributed by atoms with Crippen LogP contribution < -0.4 is 4.74 Å². The van der Waals surface area contributed by atoms with E-state index in [-0.39, 0.29) is 0 Å². The summed E-state index contributed by atoms with van der Waals surface area (Å²) in [4.78, 5) is 5.36. The van der Waals surface area contributed by atoms with Crippen molar-refractivity contribution in [3.05, 3.63) is 29.8 Å². The van der Waals surface area contributed by atoms with E-state index in [2.05, 4.69) is 28.0 Å². The number of nitrogens with zero attached hydrogens (tertiary/aromatic N) is 2. The van der Waals surface area contributed by atoms with E-state index in [4.69, 9.17) is 4.74 Å². The summed E-state index contributed by atoms with van der Waals surface area (Å²) in [6, 6.07) is 9.25. The van der Waals surface area contributed by atoms with Crippen molar-refractivity contribution in [1.29, 1.82) is 0 Å². The smallest absolute Gasteiger partial charge is 0.123 e. The van der Waals surface area contributed by atoms with E-state index in [0.717, 1.165) is 18.3 Å². The number of para-hydroxylation sites is 1. The molecule has 3 rings (SSSR count). The van der Waals surface area contributed by atoms with Crippen molar-refractivity contribution >= 4 is 0 Å². The molecule has 0 N–H and O–H groups in total. The number of likely N-dealkylation sites (tertiary alicyclic amines) is 2. The Morgan fingerprint density at radius 2 is 1.64 bits per heavy atom. The second-order valence-electron chi connectivity index (χ2n) is 6.77. The summed E-state index contributed by atoms with van der Waals surface area (Å²) >= 11 is 0. The minimum atomic E-state index is 0.826. The third-order valence-electron chi connectivity index (χ3n) is 5.30. The van der Waals surface area contributed by atoms with Gasteiger partial charge in [-0.25, -0.2) is 0 Å². The molecule has 2 heterocycles. The maximum atomic E-state index is 5.48. The third kappa shape index (κ3) is 4.02. The highest BCUT2D eigenvalue weighted by Gasteiger charge is 2.25. The van der Waals surface area contributed by atoms with Gasteiger partial charge in [-0.05, 0) is 57.9 Å². The average Bonchev–Trinajstić information content (AvgIpc) is 2.85. The molecule has 0 unspecified atom stereocenters. The fraction of sp³-hybridized carbons (Fsp3) is 0.684. The Morgan fingerprint density at radius 3 is 2.32 bits per heavy atom. The maximum Gasteiger partial charge on any atom is 0.123 e. The summed E-state index contributed by atoms with van der Waals surface area (Å²) in [5.41, 5.74) is 1.32. The summed E-state index contributed by atoms with van der Waals surface area (Å²) < 4.78 is 5.48. The molecule has 0 radical (unpaired) electrons. The Morgan fingerprint density at radius 1 is 0.955 bits per heavy atom. The predicted molar refractivity (Wildman–Crippen MR) is 91.3 cm³/mol. The highest BCUT2D eigenvalue weighted by molar-refractivity contribution is 5.33. The fourth-order valence-electron chi connectivity index (χ4n) is 3.98. The van der Waals surface area contributed by atoms with Crippen molar-refractivity contribution in [1.82, 2.24) is 9.80 Å². The van der Waals surface area contributed by atoms with Gasteiger partial charge in [-0.3, -0.25) is 4.90 Å². The first-order chi connectivity index (χ1) is 10.9. The van der Waals surface area contributed by atoms with Gasteiger partial charge in [-0.15, -0.1) is 0 Å². The van der Waals surface area contributed by atoms with Gasteiger partial charge < -0.3 is 9.64 Å². The molecule has 2 aliphatic rings. The van der Waals surface area contributed by atoms with Crippen molar-refractivity contribution in [3.63, 3.8) is 0 Å². The highest BCUT2D eigenvalue weighted by Crippen LogP contribution is 2.24. The van der Waals surface area contributed by atoms with Gasteiger partial charge in [0.1, 0.15) is 5.75 Å². The first kappa shape index (κ1) is 15.8. The molecule has 3 heteroatoms. The third-order valence-corrected chi connectivity index (χ3v) is 5.30. The first-order valence-corrected chi connectivity index (χ1v) is 8.95. The van der Waals surface area contributed by atoms with E-state index in [1.165, 1.54) is 70.3 Å². The van der Waals surface area contributed by atoms with Crippen LogP contribution in [0.1, 0.15) is 44.1 Å². The van der Waals surface area contributed by atoms with Crippen molar-refractivity contribution in [2.45, 2.75) is 51.1 Å². The largest absolute Gasteiger partial charge is 0.496 e. The zero-order valence-corrected chi connectivity index (χ0v) is 14.0. The lowest BCUT2D eigenvalue weighted by Gasteiger charge is -2.38. The molecule has 0 atom stereocenters. The molecular weight excluding hydrogens is 272 g/mol. The van der Waals surface area contributed by atoms with Crippen LogP contribution in [0.4, 0.5) is 0 Å². The van der Waals surface area contributed by atoms with Gasteiger partial charge in [0.2, 0.25) is 0 Å². The standard InChI is InChI=1S/C19H30N2O/c1-22-19-9-5-4-8-17(19)16-20-14-10-18(11-15-20)21-12-6-2-3-7-13-21/h4-5,8-9,18H,2-3,6-7,10-16H2,1H3. The number of benzene rings is 1. The first-order valence-electron chi connectivity index (χ1n) is 8.95. The van der Waals surface area contributed by atoms with Gasteiger partial charge in [0.15, 0.2) is 0 Å². The van der Waals surface area contributed by atoms with Gasteiger partial charge in [-0.1, -0.05) is 31.0 Å². The topological polar surface area (TPSA) is 15.7 Å². The molecule has 0 spiro atoms. The Labute approximate surface area is 135 Å². The van der Waals surface area contributed by atoms with Crippen LogP contribution in [-0.2, 0) is 6.54 Å². The van der Waals surface area contributed by atoms with Crippen LogP contribution in [0.3, 0.4) is 0 Å². The number of methoxy groups -OCH3 is 1. The monoisotopic (exact) mass is 302 g/mol. The number of rotatable bonds is 4. The lowest BCUT2D eigenvalue weighted by Crippen LogP contribution is -2.45. The fourth-order valence-corrected chi connectivity index (χ4v) is 3.98. The molecule has 0 saturated carbocycles. The molecule has 122 valence electrons. The van der Waals surface area contributed by atoms with E-state index in [0.29, 0.717) is 0 Å². The summed E-state index contributed by atoms with van der Waals surface area (Å²) in [5.74, 6) is 1.03. The molecule has 0 amide bonds. The zero-order valence-electron chi connectivity index (χ0n) is 14.0. The van der Waals surface area contributed by atoms with Crippen LogP contribution in [0.2, 0.25) is 0 Å². The van der Waals surface area contributed by atoms with Crippen molar-refractivity contribution in [2.24, 2.45) is 0 Å².